The summed E-state index contributed by atoms with van der Waals surface area (Å²) < 4.78 is 12.0. The van der Waals surface area contributed by atoms with Gasteiger partial charge in [0.05, 0.1) is 16.7 Å². The van der Waals surface area contributed by atoms with E-state index in [4.69, 9.17) is 44.3 Å². The van der Waals surface area contributed by atoms with Gasteiger partial charge < -0.3 is 14.8 Å². The van der Waals surface area contributed by atoms with Crippen LogP contribution in [0.15, 0.2) is 42.5 Å². The highest BCUT2D eigenvalue weighted by atomic mass is 35.5. The zero-order chi connectivity index (χ0) is 16.2. The highest BCUT2D eigenvalue weighted by molar-refractivity contribution is 6.40. The van der Waals surface area contributed by atoms with Gasteiger partial charge in [0.15, 0.2) is 11.9 Å². The maximum atomic E-state index is 6.25. The summed E-state index contributed by atoms with van der Waals surface area (Å²) in [6.45, 7) is 2.17. The molecule has 2 aromatic carbocycles. The van der Waals surface area contributed by atoms with Crippen LogP contribution in [0.4, 0.5) is 0 Å². The second kappa shape index (κ2) is 7.73. The van der Waals surface area contributed by atoms with Gasteiger partial charge in [-0.15, -0.1) is 0 Å². The van der Waals surface area contributed by atoms with Crippen molar-refractivity contribution in [3.05, 3.63) is 63.1 Å². The molecule has 1 aliphatic rings. The fraction of sp³-hybridized carbons (Fsp3) is 0.294. The maximum Gasteiger partial charge on any atom is 0.157 e. The van der Waals surface area contributed by atoms with Crippen LogP contribution in [-0.4, -0.2) is 25.8 Å². The van der Waals surface area contributed by atoms with Crippen molar-refractivity contribution < 1.29 is 9.47 Å². The van der Waals surface area contributed by atoms with Gasteiger partial charge in [0, 0.05) is 18.1 Å². The third-order valence-electron chi connectivity index (χ3n) is 3.63. The first kappa shape index (κ1) is 16.9. The van der Waals surface area contributed by atoms with Crippen molar-refractivity contribution in [3.8, 4) is 5.75 Å². The number of halogens is 3. The second-order valence-electron chi connectivity index (χ2n) is 5.26. The van der Waals surface area contributed by atoms with Gasteiger partial charge in [-0.2, -0.15) is 0 Å². The third kappa shape index (κ3) is 4.11. The maximum absolute atomic E-state index is 6.25. The monoisotopic (exact) mass is 371 g/mol. The molecule has 2 aromatic rings. The van der Waals surface area contributed by atoms with Crippen LogP contribution in [0.5, 0.6) is 5.75 Å². The normalized spacial score (nSPS) is 19.3. The van der Waals surface area contributed by atoms with Crippen LogP contribution >= 0.6 is 34.8 Å². The van der Waals surface area contributed by atoms with Gasteiger partial charge in [-0.1, -0.05) is 65.1 Å². The van der Waals surface area contributed by atoms with Gasteiger partial charge in [-0.25, -0.2) is 0 Å². The molecule has 0 aliphatic carbocycles. The molecular weight excluding hydrogens is 357 g/mol. The van der Waals surface area contributed by atoms with E-state index in [1.807, 2.05) is 30.3 Å². The summed E-state index contributed by atoms with van der Waals surface area (Å²) in [5, 5.41) is 4.55. The average molecular weight is 373 g/mol. The molecule has 1 unspecified atom stereocenters. The van der Waals surface area contributed by atoms with Crippen LogP contribution in [-0.2, 0) is 4.74 Å². The second-order valence-corrected chi connectivity index (χ2v) is 6.51. The molecule has 1 fully saturated rings. The smallest absolute Gasteiger partial charge is 0.157 e. The van der Waals surface area contributed by atoms with E-state index in [-0.39, 0.29) is 12.2 Å². The lowest BCUT2D eigenvalue weighted by atomic mass is 10.0. The van der Waals surface area contributed by atoms with E-state index < -0.39 is 0 Å². The SMILES string of the molecule is Clc1cc(Cl)c(O[C@@H](c2ccccc2)C2CNCCO2)c(Cl)c1. The Bertz CT molecular complexity index is 637. The first-order chi connectivity index (χ1) is 11.1. The first-order valence-corrected chi connectivity index (χ1v) is 8.47. The fourth-order valence-corrected chi connectivity index (χ4v) is 3.46. The quantitative estimate of drug-likeness (QED) is 0.839. The van der Waals surface area contributed by atoms with Gasteiger partial charge in [-0.05, 0) is 17.7 Å². The summed E-state index contributed by atoms with van der Waals surface area (Å²) >= 11 is 18.5. The Morgan fingerprint density at radius 3 is 2.39 bits per heavy atom. The standard InChI is InChI=1S/C17H16Cl3NO2/c18-12-8-13(19)17(14(20)9-12)23-16(11-4-2-1-3-5-11)15-10-21-6-7-22-15/h1-5,8-9,15-16,21H,6-7,10H2/t15?,16-/m0/s1. The summed E-state index contributed by atoms with van der Waals surface area (Å²) in [4.78, 5) is 0. The molecule has 3 rings (SSSR count). The molecule has 1 N–H and O–H groups in total. The molecule has 0 amide bonds. The third-order valence-corrected chi connectivity index (χ3v) is 4.41. The number of hydrogen-bond donors (Lipinski definition) is 1. The number of morpholine rings is 1. The van der Waals surface area contributed by atoms with Gasteiger partial charge in [0.2, 0.25) is 0 Å². The van der Waals surface area contributed by atoms with E-state index in [9.17, 15) is 0 Å². The molecule has 6 heteroatoms. The number of rotatable bonds is 4. The summed E-state index contributed by atoms with van der Waals surface area (Å²) in [6, 6.07) is 13.1. The number of ether oxygens (including phenoxy) is 2. The van der Waals surface area contributed by atoms with E-state index in [0.29, 0.717) is 34.0 Å². The van der Waals surface area contributed by atoms with Gasteiger partial charge >= 0.3 is 0 Å². The van der Waals surface area contributed by atoms with Crippen LogP contribution < -0.4 is 10.1 Å². The average Bonchev–Trinajstić information content (AvgIpc) is 2.56. The van der Waals surface area contributed by atoms with Crippen LogP contribution in [0, 0.1) is 0 Å². The Morgan fingerprint density at radius 1 is 1.09 bits per heavy atom. The minimum Gasteiger partial charge on any atom is -0.480 e. The van der Waals surface area contributed by atoms with Crippen molar-refractivity contribution in [2.45, 2.75) is 12.2 Å². The highest BCUT2D eigenvalue weighted by Gasteiger charge is 2.29. The zero-order valence-corrected chi connectivity index (χ0v) is 14.5. The lowest BCUT2D eigenvalue weighted by Gasteiger charge is -2.32. The largest absolute Gasteiger partial charge is 0.480 e. The minimum absolute atomic E-state index is 0.131. The molecule has 23 heavy (non-hydrogen) atoms. The summed E-state index contributed by atoms with van der Waals surface area (Å²) in [7, 11) is 0. The zero-order valence-electron chi connectivity index (χ0n) is 12.3. The summed E-state index contributed by atoms with van der Waals surface area (Å²) in [5.41, 5.74) is 1.00. The summed E-state index contributed by atoms with van der Waals surface area (Å²) in [6.07, 6.45) is -0.450. The predicted molar refractivity (Wildman–Crippen MR) is 93.9 cm³/mol. The minimum atomic E-state index is -0.319. The van der Waals surface area contributed by atoms with E-state index >= 15 is 0 Å². The van der Waals surface area contributed by atoms with Gasteiger partial charge in [0.25, 0.3) is 0 Å². The Kier molecular flexibility index (Phi) is 5.67. The molecule has 1 aliphatic heterocycles. The molecule has 0 saturated carbocycles. The van der Waals surface area contributed by atoms with Crippen molar-refractivity contribution in [1.29, 1.82) is 0 Å². The molecule has 1 heterocycles. The van der Waals surface area contributed by atoms with Crippen LogP contribution in [0.3, 0.4) is 0 Å². The lowest BCUT2D eigenvalue weighted by Crippen LogP contribution is -2.43. The van der Waals surface area contributed by atoms with Crippen molar-refractivity contribution in [3.63, 3.8) is 0 Å². The number of nitrogens with one attached hydrogen (secondary N) is 1. The molecule has 0 bridgehead atoms. The molecule has 0 spiro atoms. The van der Waals surface area contributed by atoms with E-state index in [2.05, 4.69) is 5.32 Å². The van der Waals surface area contributed by atoms with Gasteiger partial charge in [0.1, 0.15) is 6.10 Å². The summed E-state index contributed by atoms with van der Waals surface area (Å²) in [5.74, 6) is 0.417. The predicted octanol–water partition coefficient (Wildman–Crippen LogP) is 4.76. The molecule has 0 aromatic heterocycles. The highest BCUT2D eigenvalue weighted by Crippen LogP contribution is 2.39. The van der Waals surface area contributed by atoms with E-state index in [1.165, 1.54) is 0 Å². The van der Waals surface area contributed by atoms with Crippen LogP contribution in [0.25, 0.3) is 0 Å². The van der Waals surface area contributed by atoms with Crippen molar-refractivity contribution in [2.24, 2.45) is 0 Å². The number of benzene rings is 2. The van der Waals surface area contributed by atoms with E-state index in [1.54, 1.807) is 12.1 Å². The first-order valence-electron chi connectivity index (χ1n) is 7.33. The Labute approximate surface area is 150 Å². The number of hydrogen-bond acceptors (Lipinski definition) is 3. The molecular formula is C17H16Cl3NO2. The Balaban J connectivity index is 1.93. The molecule has 3 nitrogen and oxygen atoms in total. The van der Waals surface area contributed by atoms with E-state index in [0.717, 1.165) is 12.1 Å². The van der Waals surface area contributed by atoms with Crippen LogP contribution in [0.1, 0.15) is 11.7 Å². The fourth-order valence-electron chi connectivity index (χ4n) is 2.55. The van der Waals surface area contributed by atoms with Gasteiger partial charge in [-0.3, -0.25) is 0 Å². The molecule has 2 atom stereocenters. The van der Waals surface area contributed by atoms with Crippen molar-refractivity contribution >= 4 is 34.8 Å². The lowest BCUT2D eigenvalue weighted by molar-refractivity contribution is -0.0431. The van der Waals surface area contributed by atoms with Crippen molar-refractivity contribution in [2.75, 3.05) is 19.7 Å². The van der Waals surface area contributed by atoms with Crippen molar-refractivity contribution in [1.82, 2.24) is 5.32 Å². The molecule has 1 saturated heterocycles. The Morgan fingerprint density at radius 2 is 1.78 bits per heavy atom. The topological polar surface area (TPSA) is 30.5 Å². The molecule has 0 radical (unpaired) electrons. The van der Waals surface area contributed by atoms with Crippen LogP contribution in [0.2, 0.25) is 15.1 Å². The molecule has 122 valence electrons. The Hall–Kier alpha value is -0.970.